The molecule has 1 aliphatic carbocycles. The van der Waals surface area contributed by atoms with Crippen molar-refractivity contribution in [2.24, 2.45) is 5.92 Å². The highest BCUT2D eigenvalue weighted by molar-refractivity contribution is 5.77. The maximum absolute atomic E-state index is 12.9. The molecule has 0 radical (unpaired) electrons. The first kappa shape index (κ1) is 17.3. The minimum absolute atomic E-state index is 0.0329. The van der Waals surface area contributed by atoms with Crippen molar-refractivity contribution in [2.75, 3.05) is 0 Å². The maximum atomic E-state index is 12.9. The largest absolute Gasteiger partial charge is 0.507 e. The molecular formula is C18H14F3N5O. The van der Waals surface area contributed by atoms with Crippen LogP contribution in [-0.4, -0.2) is 24.9 Å². The average molecular weight is 373 g/mol. The van der Waals surface area contributed by atoms with E-state index in [9.17, 15) is 18.3 Å². The average Bonchev–Trinajstić information content (AvgIpc) is 2.95. The predicted octanol–water partition coefficient (Wildman–Crippen LogP) is 4.00. The Kier molecular flexibility index (Phi) is 3.80. The molecule has 0 saturated heterocycles. The minimum atomic E-state index is -4.54. The highest BCUT2D eigenvalue weighted by Gasteiger charge is 2.33. The predicted molar refractivity (Wildman–Crippen MR) is 89.5 cm³/mol. The van der Waals surface area contributed by atoms with Gasteiger partial charge in [0.1, 0.15) is 11.3 Å². The lowest BCUT2D eigenvalue weighted by Crippen LogP contribution is -2.25. The number of nitriles is 1. The van der Waals surface area contributed by atoms with Gasteiger partial charge in [-0.15, -0.1) is 0 Å². The second-order valence-electron chi connectivity index (χ2n) is 6.71. The molecule has 1 fully saturated rings. The number of phenolic OH excluding ortho intramolecular Hbond substituents is 1. The molecule has 1 saturated carbocycles. The number of alkyl halides is 3. The molecule has 138 valence electrons. The van der Waals surface area contributed by atoms with Crippen LogP contribution in [0.2, 0.25) is 0 Å². The summed E-state index contributed by atoms with van der Waals surface area (Å²) in [5, 5.41) is 23.4. The molecule has 1 aromatic carbocycles. The molecule has 1 N–H and O–H groups in total. The highest BCUT2D eigenvalue weighted by atomic mass is 19.4. The number of phenols is 1. The normalized spacial score (nSPS) is 19.7. The zero-order chi connectivity index (χ0) is 19.3. The Morgan fingerprint density at radius 3 is 2.67 bits per heavy atom. The lowest BCUT2D eigenvalue weighted by Gasteiger charge is -2.30. The van der Waals surface area contributed by atoms with Gasteiger partial charge in [0.05, 0.1) is 41.7 Å². The molecule has 0 amide bonds. The quantitative estimate of drug-likeness (QED) is 0.734. The Labute approximate surface area is 151 Å². The Morgan fingerprint density at radius 1 is 1.30 bits per heavy atom. The maximum Gasteiger partial charge on any atom is 0.416 e. The summed E-state index contributed by atoms with van der Waals surface area (Å²) < 4.78 is 40.4. The molecule has 2 heterocycles. The van der Waals surface area contributed by atoms with Crippen LogP contribution in [0.4, 0.5) is 13.2 Å². The van der Waals surface area contributed by atoms with E-state index in [2.05, 4.69) is 21.1 Å². The zero-order valence-corrected chi connectivity index (χ0v) is 14.2. The molecule has 0 bridgehead atoms. The summed E-state index contributed by atoms with van der Waals surface area (Å²) in [4.78, 5) is 8.63. The molecule has 6 nitrogen and oxygen atoms in total. The van der Waals surface area contributed by atoms with E-state index in [0.717, 1.165) is 18.9 Å². The van der Waals surface area contributed by atoms with Crippen molar-refractivity contribution in [3.05, 3.63) is 35.7 Å². The first-order chi connectivity index (χ1) is 12.8. The Bertz CT molecular complexity index is 1050. The van der Waals surface area contributed by atoms with Gasteiger partial charge in [-0.25, -0.2) is 9.97 Å². The summed E-state index contributed by atoms with van der Waals surface area (Å²) in [6.07, 6.45) is 0.0396. The molecule has 0 unspecified atom stereocenters. The zero-order valence-electron chi connectivity index (χ0n) is 14.2. The van der Waals surface area contributed by atoms with E-state index in [1.807, 2.05) is 0 Å². The molecule has 0 atom stereocenters. The summed E-state index contributed by atoms with van der Waals surface area (Å²) in [7, 11) is 0. The fourth-order valence-corrected chi connectivity index (χ4v) is 3.30. The van der Waals surface area contributed by atoms with E-state index >= 15 is 0 Å². The van der Waals surface area contributed by atoms with Gasteiger partial charge in [0.2, 0.25) is 0 Å². The Balaban J connectivity index is 1.72. The third-order valence-corrected chi connectivity index (χ3v) is 4.81. The molecule has 0 aliphatic heterocycles. The first-order valence-electron chi connectivity index (χ1n) is 8.29. The third-order valence-electron chi connectivity index (χ3n) is 4.81. The standard InChI is InChI=1S/C18H14F3N5O/c1-9-2-11(18(19,20)21)5-15(27)16(9)13-7-23-14-8-26(25-17(14)24-13)12-3-10(4-12)6-22/h2,5,7-8,10,12,27H,3-4H2,1H3. The topological polar surface area (TPSA) is 87.6 Å². The second-order valence-corrected chi connectivity index (χ2v) is 6.71. The first-order valence-corrected chi connectivity index (χ1v) is 8.29. The number of hydrogen-bond acceptors (Lipinski definition) is 5. The number of aromatic nitrogens is 4. The number of aryl methyl sites for hydroxylation is 1. The number of rotatable bonds is 2. The molecule has 2 aromatic heterocycles. The monoisotopic (exact) mass is 373 g/mol. The summed E-state index contributed by atoms with van der Waals surface area (Å²) in [6.45, 7) is 1.48. The van der Waals surface area contributed by atoms with Crippen LogP contribution < -0.4 is 0 Å². The molecule has 27 heavy (non-hydrogen) atoms. The van der Waals surface area contributed by atoms with Crippen molar-refractivity contribution in [2.45, 2.75) is 32.0 Å². The fourth-order valence-electron chi connectivity index (χ4n) is 3.30. The van der Waals surface area contributed by atoms with Crippen LogP contribution in [0, 0.1) is 24.2 Å². The van der Waals surface area contributed by atoms with Gasteiger partial charge in [-0.2, -0.15) is 23.5 Å². The van der Waals surface area contributed by atoms with Crippen molar-refractivity contribution in [1.29, 1.82) is 5.26 Å². The van der Waals surface area contributed by atoms with Crippen molar-refractivity contribution >= 4 is 11.2 Å². The van der Waals surface area contributed by atoms with E-state index in [1.165, 1.54) is 13.1 Å². The molecule has 0 spiro atoms. The lowest BCUT2D eigenvalue weighted by molar-refractivity contribution is -0.137. The minimum Gasteiger partial charge on any atom is -0.507 e. The summed E-state index contributed by atoms with van der Waals surface area (Å²) in [5.41, 5.74) is 0.651. The Morgan fingerprint density at radius 2 is 2.04 bits per heavy atom. The van der Waals surface area contributed by atoms with Crippen LogP contribution in [0.3, 0.4) is 0 Å². The summed E-state index contributed by atoms with van der Waals surface area (Å²) >= 11 is 0. The van der Waals surface area contributed by atoms with Crippen LogP contribution in [-0.2, 0) is 6.18 Å². The molecule has 1 aliphatic rings. The van der Waals surface area contributed by atoms with Crippen LogP contribution >= 0.6 is 0 Å². The van der Waals surface area contributed by atoms with Gasteiger partial charge >= 0.3 is 6.18 Å². The molecule has 3 aromatic rings. The van der Waals surface area contributed by atoms with E-state index < -0.39 is 17.5 Å². The van der Waals surface area contributed by atoms with Gasteiger partial charge in [0, 0.05) is 5.56 Å². The molecule has 4 rings (SSSR count). The van der Waals surface area contributed by atoms with Crippen LogP contribution in [0.15, 0.2) is 24.5 Å². The smallest absolute Gasteiger partial charge is 0.416 e. The number of halogens is 3. The number of fused-ring (bicyclic) bond motifs is 1. The van der Waals surface area contributed by atoms with Gasteiger partial charge in [-0.05, 0) is 37.5 Å². The molecule has 9 heteroatoms. The number of nitrogens with zero attached hydrogens (tertiary/aromatic N) is 5. The number of hydrogen-bond donors (Lipinski definition) is 1. The van der Waals surface area contributed by atoms with E-state index in [0.29, 0.717) is 17.2 Å². The molecular weight excluding hydrogens is 359 g/mol. The van der Waals surface area contributed by atoms with Crippen molar-refractivity contribution < 1.29 is 18.3 Å². The van der Waals surface area contributed by atoms with E-state index in [-0.39, 0.29) is 28.8 Å². The lowest BCUT2D eigenvalue weighted by atomic mass is 9.81. The fraction of sp³-hybridized carbons (Fsp3) is 0.333. The van der Waals surface area contributed by atoms with Gasteiger partial charge in [-0.1, -0.05) is 0 Å². The van der Waals surface area contributed by atoms with Crippen molar-refractivity contribution in [3.8, 4) is 23.1 Å². The van der Waals surface area contributed by atoms with E-state index in [1.54, 1.807) is 10.9 Å². The van der Waals surface area contributed by atoms with Gasteiger partial charge in [0.15, 0.2) is 5.65 Å². The summed E-state index contributed by atoms with van der Waals surface area (Å²) in [6, 6.07) is 3.99. The van der Waals surface area contributed by atoms with Crippen LogP contribution in [0.25, 0.3) is 22.4 Å². The summed E-state index contributed by atoms with van der Waals surface area (Å²) in [5.74, 6) is -0.475. The van der Waals surface area contributed by atoms with Crippen LogP contribution in [0.5, 0.6) is 5.75 Å². The Hall–Kier alpha value is -3.15. The highest BCUT2D eigenvalue weighted by Crippen LogP contribution is 2.39. The van der Waals surface area contributed by atoms with Gasteiger partial charge in [-0.3, -0.25) is 4.68 Å². The number of aromatic hydroxyl groups is 1. The number of benzene rings is 1. The van der Waals surface area contributed by atoms with E-state index in [4.69, 9.17) is 5.26 Å². The van der Waals surface area contributed by atoms with Gasteiger partial charge < -0.3 is 5.11 Å². The van der Waals surface area contributed by atoms with Gasteiger partial charge in [0.25, 0.3) is 0 Å². The third kappa shape index (κ3) is 2.97. The van der Waals surface area contributed by atoms with Crippen molar-refractivity contribution in [1.82, 2.24) is 19.7 Å². The SMILES string of the molecule is Cc1cc(C(F)(F)F)cc(O)c1-c1cnc2cn(C3CC(C#N)C3)nc2n1. The second kappa shape index (κ2) is 5.94. The van der Waals surface area contributed by atoms with Crippen LogP contribution in [0.1, 0.15) is 30.0 Å². The van der Waals surface area contributed by atoms with Crippen molar-refractivity contribution in [3.63, 3.8) is 0 Å².